The maximum atomic E-state index is 15.0. The molecule has 1 aromatic heterocycles. The highest BCUT2D eigenvalue weighted by Crippen LogP contribution is 2.33. The van der Waals surface area contributed by atoms with E-state index in [-0.39, 0.29) is 28.6 Å². The lowest BCUT2D eigenvalue weighted by molar-refractivity contribution is 0.210. The number of amidine groups is 1. The van der Waals surface area contributed by atoms with Gasteiger partial charge in [0.05, 0.1) is 28.4 Å². The number of hydrogen-bond donors (Lipinski definition) is 2. The molecule has 0 saturated heterocycles. The Morgan fingerprint density at radius 2 is 1.92 bits per heavy atom. The zero-order valence-electron chi connectivity index (χ0n) is 20.2. The maximum Gasteiger partial charge on any atom is 0.263 e. The number of hydrogen-bond acceptors (Lipinski definition) is 7. The molecule has 2 aliphatic rings. The van der Waals surface area contributed by atoms with Crippen molar-refractivity contribution in [3.63, 3.8) is 0 Å². The van der Waals surface area contributed by atoms with Crippen molar-refractivity contribution in [1.29, 1.82) is 0 Å². The third-order valence-electron chi connectivity index (χ3n) is 6.87. The first-order valence-corrected chi connectivity index (χ1v) is 12.3. The summed E-state index contributed by atoms with van der Waals surface area (Å²) in [7, 11) is 0. The van der Waals surface area contributed by atoms with E-state index in [2.05, 4.69) is 9.98 Å². The third-order valence-corrected chi connectivity index (χ3v) is 7.19. The molecule has 8 nitrogen and oxygen atoms in total. The summed E-state index contributed by atoms with van der Waals surface area (Å²) in [4.78, 5) is 22.5. The third kappa shape index (κ3) is 3.83. The van der Waals surface area contributed by atoms with Crippen molar-refractivity contribution in [3.8, 4) is 11.4 Å². The van der Waals surface area contributed by atoms with E-state index in [4.69, 9.17) is 22.4 Å². The van der Waals surface area contributed by atoms with E-state index in [0.717, 1.165) is 10.9 Å². The number of aromatic nitrogens is 1. The highest BCUT2D eigenvalue weighted by atomic mass is 35.5. The van der Waals surface area contributed by atoms with E-state index in [0.29, 0.717) is 28.2 Å². The number of phenols is 1. The molecule has 4 aromatic rings. The lowest BCUT2D eigenvalue weighted by Gasteiger charge is -2.27. The summed E-state index contributed by atoms with van der Waals surface area (Å²) >= 11 is 6.02. The molecular weight excluding hydrogens is 507 g/mol. The molecule has 0 aliphatic carbocycles. The molecule has 0 fully saturated rings. The second kappa shape index (κ2) is 9.11. The number of aryl methyl sites for hydroxylation is 1. The summed E-state index contributed by atoms with van der Waals surface area (Å²) in [6.45, 7) is 1.99. The molecule has 10 heteroatoms. The van der Waals surface area contributed by atoms with Gasteiger partial charge in [-0.1, -0.05) is 48.0 Å². The Balaban J connectivity index is 1.53. The summed E-state index contributed by atoms with van der Waals surface area (Å²) in [5.41, 5.74) is 8.60. The van der Waals surface area contributed by atoms with Gasteiger partial charge >= 0.3 is 0 Å². The van der Waals surface area contributed by atoms with Crippen molar-refractivity contribution in [2.24, 2.45) is 26.7 Å². The number of phenolic OH excluding ortho intramolecular Hbond substituents is 1. The van der Waals surface area contributed by atoms with Gasteiger partial charge in [-0.2, -0.15) is 5.10 Å². The lowest BCUT2D eigenvalue weighted by atomic mass is 9.93. The summed E-state index contributed by atoms with van der Waals surface area (Å²) in [6, 6.07) is 18.5. The predicted molar refractivity (Wildman–Crippen MR) is 147 cm³/mol. The Kier molecular flexibility index (Phi) is 5.72. The first-order valence-electron chi connectivity index (χ1n) is 11.9. The van der Waals surface area contributed by atoms with Gasteiger partial charge < -0.3 is 10.8 Å². The number of halogens is 2. The highest BCUT2D eigenvalue weighted by Gasteiger charge is 2.42. The summed E-state index contributed by atoms with van der Waals surface area (Å²) in [6.07, 6.45) is 0.840. The van der Waals surface area contributed by atoms with Crippen molar-refractivity contribution in [2.75, 3.05) is 0 Å². The minimum Gasteiger partial charge on any atom is -0.506 e. The number of benzene rings is 3. The Morgan fingerprint density at radius 1 is 1.11 bits per heavy atom. The van der Waals surface area contributed by atoms with Crippen molar-refractivity contribution < 1.29 is 9.50 Å². The van der Waals surface area contributed by atoms with Crippen LogP contribution in [0.25, 0.3) is 16.5 Å². The Morgan fingerprint density at radius 3 is 2.71 bits per heavy atom. The number of aliphatic imine (C=N–C) groups is 2. The van der Waals surface area contributed by atoms with Crippen LogP contribution in [0.5, 0.6) is 5.75 Å². The minimum absolute atomic E-state index is 0.0880. The number of nitrogens with zero attached hydrogens (tertiary/aromatic N) is 5. The highest BCUT2D eigenvalue weighted by molar-refractivity contribution is 6.32. The quantitative estimate of drug-likeness (QED) is 0.410. The van der Waals surface area contributed by atoms with Crippen molar-refractivity contribution >= 4 is 40.3 Å². The molecule has 3 heterocycles. The largest absolute Gasteiger partial charge is 0.506 e. The average molecular weight is 529 g/mol. The van der Waals surface area contributed by atoms with Crippen LogP contribution in [0, 0.1) is 18.7 Å². The number of rotatable bonds is 4. The van der Waals surface area contributed by atoms with Crippen molar-refractivity contribution in [1.82, 2.24) is 9.58 Å². The molecule has 2 atom stereocenters. The fraction of sp³-hybridized carbons (Fsp3) is 0.143. The fourth-order valence-electron chi connectivity index (χ4n) is 5.08. The van der Waals surface area contributed by atoms with E-state index in [1.54, 1.807) is 35.3 Å². The van der Waals surface area contributed by atoms with Gasteiger partial charge in [0.2, 0.25) is 0 Å². The molecule has 0 bridgehead atoms. The number of fused-ring (bicyclic) bond motifs is 2. The molecule has 38 heavy (non-hydrogen) atoms. The monoisotopic (exact) mass is 528 g/mol. The molecule has 3 aromatic carbocycles. The standard InChI is InChI=1S/C28H22ClFN6O2/c1-15-5-4-6-16-11-18(36(28(38)23(15)16)21-8-3-2-7-20(21)30)13-35-27-24(26(31)32-14-33-27)25(34-35)17-9-10-19(29)22(37)12-17/h2-12,14,24,27,37H,13H2,1H3,(H2,31,32,33). The Bertz CT molecular complexity index is 1760. The van der Waals surface area contributed by atoms with Crippen molar-refractivity contribution in [3.05, 3.63) is 105 Å². The molecule has 3 N–H and O–H groups in total. The summed E-state index contributed by atoms with van der Waals surface area (Å²) in [5.74, 6) is -0.774. The molecule has 0 spiro atoms. The maximum absolute atomic E-state index is 15.0. The average Bonchev–Trinajstić information content (AvgIpc) is 3.26. The van der Waals surface area contributed by atoms with Gasteiger partial charge in [0, 0.05) is 11.3 Å². The van der Waals surface area contributed by atoms with Gasteiger partial charge in [-0.3, -0.25) is 14.4 Å². The zero-order valence-corrected chi connectivity index (χ0v) is 21.0. The predicted octanol–water partition coefficient (Wildman–Crippen LogP) is 4.36. The smallest absolute Gasteiger partial charge is 0.263 e. The van der Waals surface area contributed by atoms with E-state index in [9.17, 15) is 9.90 Å². The van der Waals surface area contributed by atoms with Gasteiger partial charge in [0.15, 0.2) is 6.17 Å². The molecule has 0 radical (unpaired) electrons. The zero-order chi connectivity index (χ0) is 26.6. The molecule has 6 rings (SSSR count). The molecule has 2 unspecified atom stereocenters. The van der Waals surface area contributed by atoms with Gasteiger partial charge in [0.25, 0.3) is 5.56 Å². The molecule has 190 valence electrons. The van der Waals surface area contributed by atoms with E-state index in [1.807, 2.05) is 31.2 Å². The van der Waals surface area contributed by atoms with Gasteiger partial charge in [-0.25, -0.2) is 14.4 Å². The molecule has 0 saturated carbocycles. The van der Waals surface area contributed by atoms with Gasteiger partial charge in [0.1, 0.15) is 29.7 Å². The normalized spacial score (nSPS) is 18.4. The van der Waals surface area contributed by atoms with Crippen LogP contribution < -0.4 is 11.3 Å². The minimum atomic E-state index is -0.544. The SMILES string of the molecule is Cc1cccc2cc(CN3N=C(c4ccc(Cl)c(O)c4)C4C(N)=NC=NC43)n(-c3ccccc3F)c(=O)c12. The number of hydrazone groups is 1. The second-order valence-corrected chi connectivity index (χ2v) is 9.63. The van der Waals surface area contributed by atoms with Crippen LogP contribution in [0.2, 0.25) is 5.02 Å². The topological polar surface area (TPSA) is 109 Å². The first kappa shape index (κ1) is 23.9. The van der Waals surface area contributed by atoms with Crippen LogP contribution in [0.15, 0.2) is 86.6 Å². The Labute approximate surface area is 221 Å². The number of nitrogens with two attached hydrogens (primary N) is 1. The molecule has 2 aliphatic heterocycles. The van der Waals surface area contributed by atoms with E-state index < -0.39 is 17.9 Å². The lowest BCUT2D eigenvalue weighted by Crippen LogP contribution is -2.42. The van der Waals surface area contributed by atoms with Gasteiger partial charge in [-0.05, 0) is 48.2 Å². The van der Waals surface area contributed by atoms with Crippen LogP contribution >= 0.6 is 11.6 Å². The van der Waals surface area contributed by atoms with Crippen molar-refractivity contribution in [2.45, 2.75) is 19.6 Å². The first-order chi connectivity index (χ1) is 18.3. The van der Waals surface area contributed by atoms with Crippen LogP contribution in [-0.4, -0.2) is 38.7 Å². The molecule has 0 amide bonds. The summed E-state index contributed by atoms with van der Waals surface area (Å²) in [5, 5.41) is 18.2. The van der Waals surface area contributed by atoms with Crippen LogP contribution in [0.1, 0.15) is 16.8 Å². The van der Waals surface area contributed by atoms with E-state index >= 15 is 4.39 Å². The molecular formula is C28H22ClFN6O2. The second-order valence-electron chi connectivity index (χ2n) is 9.23. The Hall–Kier alpha value is -4.50. The number of pyridine rings is 1. The summed E-state index contributed by atoms with van der Waals surface area (Å²) < 4.78 is 16.4. The van der Waals surface area contributed by atoms with Crippen LogP contribution in [0.3, 0.4) is 0 Å². The fourth-order valence-corrected chi connectivity index (χ4v) is 5.20. The van der Waals surface area contributed by atoms with Crippen LogP contribution in [0.4, 0.5) is 4.39 Å². The number of aromatic hydroxyl groups is 1. The van der Waals surface area contributed by atoms with E-state index in [1.165, 1.54) is 23.0 Å². The van der Waals surface area contributed by atoms with Gasteiger partial charge in [-0.15, -0.1) is 0 Å². The number of para-hydroxylation sites is 1. The van der Waals surface area contributed by atoms with Crippen LogP contribution in [-0.2, 0) is 6.54 Å².